The highest BCUT2D eigenvalue weighted by molar-refractivity contribution is 7.92. The topological polar surface area (TPSA) is 66.5 Å². The maximum atomic E-state index is 12.8. The summed E-state index contributed by atoms with van der Waals surface area (Å²) >= 11 is 12.0. The van der Waals surface area contributed by atoms with Crippen molar-refractivity contribution in [2.24, 2.45) is 0 Å². The lowest BCUT2D eigenvalue weighted by molar-refractivity contribution is -0.122. The summed E-state index contributed by atoms with van der Waals surface area (Å²) in [4.78, 5) is 12.8. The minimum atomic E-state index is -3.72. The van der Waals surface area contributed by atoms with E-state index in [-0.39, 0.29) is 10.9 Å². The van der Waals surface area contributed by atoms with Crippen molar-refractivity contribution < 1.29 is 13.2 Å². The Labute approximate surface area is 170 Å². The second-order valence-corrected chi connectivity index (χ2v) is 8.96. The average Bonchev–Trinajstić information content (AvgIpc) is 2.59. The van der Waals surface area contributed by atoms with Crippen LogP contribution in [0.25, 0.3) is 0 Å². The number of anilines is 1. The molecule has 2 rings (SSSR count). The number of nitrogens with one attached hydrogen (secondary N) is 1. The number of benzene rings is 2. The van der Waals surface area contributed by atoms with Crippen LogP contribution in [0, 0.1) is 6.92 Å². The predicted octanol–water partition coefficient (Wildman–Crippen LogP) is 4.16. The van der Waals surface area contributed by atoms with Gasteiger partial charge in [-0.3, -0.25) is 9.10 Å². The van der Waals surface area contributed by atoms with Crippen molar-refractivity contribution in [2.75, 3.05) is 10.6 Å². The van der Waals surface area contributed by atoms with Gasteiger partial charge >= 0.3 is 0 Å². The van der Waals surface area contributed by atoms with Crippen molar-refractivity contribution in [3.63, 3.8) is 0 Å². The van der Waals surface area contributed by atoms with Crippen LogP contribution in [0.3, 0.4) is 0 Å². The number of sulfonamides is 1. The highest BCUT2D eigenvalue weighted by Gasteiger charge is 2.31. The zero-order valence-corrected chi connectivity index (χ0v) is 17.7. The zero-order valence-electron chi connectivity index (χ0n) is 15.4. The number of carbonyl (C=O) groups is 1. The highest BCUT2D eigenvalue weighted by atomic mass is 35.5. The molecule has 0 bridgehead atoms. The molecule has 5 nitrogen and oxygen atoms in total. The first-order valence-electron chi connectivity index (χ1n) is 8.41. The molecule has 0 saturated carbocycles. The largest absolute Gasteiger partial charge is 0.350 e. The molecule has 0 aromatic heterocycles. The van der Waals surface area contributed by atoms with Crippen LogP contribution in [-0.4, -0.2) is 26.6 Å². The first-order chi connectivity index (χ1) is 12.6. The Morgan fingerprint density at radius 3 is 2.41 bits per heavy atom. The zero-order chi connectivity index (χ0) is 20.2. The summed E-state index contributed by atoms with van der Waals surface area (Å²) < 4.78 is 25.9. The smallest absolute Gasteiger partial charge is 0.244 e. The molecule has 0 unspecified atom stereocenters. The van der Waals surface area contributed by atoms with Crippen LogP contribution in [-0.2, 0) is 21.4 Å². The van der Waals surface area contributed by atoms with Gasteiger partial charge in [0.25, 0.3) is 0 Å². The molecule has 1 amide bonds. The third-order valence-corrected chi connectivity index (χ3v) is 5.96. The fraction of sp³-hybridized carbons (Fsp3) is 0.316. The molecule has 1 atom stereocenters. The van der Waals surface area contributed by atoms with Gasteiger partial charge in [-0.25, -0.2) is 8.42 Å². The van der Waals surface area contributed by atoms with Gasteiger partial charge in [-0.05, 0) is 37.1 Å². The minimum absolute atomic E-state index is 0.220. The lowest BCUT2D eigenvalue weighted by Gasteiger charge is -2.30. The number of nitrogens with zero attached hydrogens (tertiary/aromatic N) is 1. The van der Waals surface area contributed by atoms with Crippen LogP contribution in [0.5, 0.6) is 0 Å². The molecule has 2 aromatic carbocycles. The van der Waals surface area contributed by atoms with Crippen LogP contribution < -0.4 is 9.62 Å². The van der Waals surface area contributed by atoms with Gasteiger partial charge in [-0.2, -0.15) is 0 Å². The number of hydrogen-bond acceptors (Lipinski definition) is 3. The monoisotopic (exact) mass is 428 g/mol. The fourth-order valence-corrected chi connectivity index (χ4v) is 4.31. The van der Waals surface area contributed by atoms with Crippen LogP contribution in [0.4, 0.5) is 5.69 Å². The molecule has 0 fully saturated rings. The molecule has 1 N–H and O–H groups in total. The SMILES string of the molecule is CC[C@H](C(=O)NCc1cccc(C)c1)N(c1ccc(Cl)c(Cl)c1)S(C)(=O)=O. The van der Waals surface area contributed by atoms with E-state index in [9.17, 15) is 13.2 Å². The Bertz CT molecular complexity index is 932. The van der Waals surface area contributed by atoms with Crippen LogP contribution in [0.1, 0.15) is 24.5 Å². The van der Waals surface area contributed by atoms with Gasteiger partial charge in [0.2, 0.25) is 15.9 Å². The molecule has 27 heavy (non-hydrogen) atoms. The van der Waals surface area contributed by atoms with E-state index in [1.54, 1.807) is 6.92 Å². The molecular weight excluding hydrogens is 407 g/mol. The summed E-state index contributed by atoms with van der Waals surface area (Å²) in [6, 6.07) is 11.3. The number of hydrogen-bond donors (Lipinski definition) is 1. The van der Waals surface area contributed by atoms with Gasteiger partial charge in [-0.15, -0.1) is 0 Å². The summed E-state index contributed by atoms with van der Waals surface area (Å²) in [7, 11) is -3.72. The lowest BCUT2D eigenvalue weighted by Crippen LogP contribution is -2.49. The van der Waals surface area contributed by atoms with Gasteiger partial charge in [0, 0.05) is 6.54 Å². The van der Waals surface area contributed by atoms with E-state index >= 15 is 0 Å². The Morgan fingerprint density at radius 2 is 1.85 bits per heavy atom. The summed E-state index contributed by atoms with van der Waals surface area (Å²) in [5, 5.41) is 3.35. The summed E-state index contributed by atoms with van der Waals surface area (Å²) in [6.07, 6.45) is 1.36. The van der Waals surface area contributed by atoms with Crippen molar-refractivity contribution in [1.82, 2.24) is 5.32 Å². The third-order valence-electron chi connectivity index (χ3n) is 4.04. The van der Waals surface area contributed by atoms with E-state index in [4.69, 9.17) is 23.2 Å². The molecule has 0 aliphatic carbocycles. The minimum Gasteiger partial charge on any atom is -0.350 e. The molecular formula is C19H22Cl2N2O3S. The van der Waals surface area contributed by atoms with Gasteiger partial charge in [-0.1, -0.05) is 60.0 Å². The van der Waals surface area contributed by atoms with Crippen molar-refractivity contribution in [3.8, 4) is 0 Å². The Kier molecular flexibility index (Phi) is 7.14. The van der Waals surface area contributed by atoms with Gasteiger partial charge < -0.3 is 5.32 Å². The highest BCUT2D eigenvalue weighted by Crippen LogP contribution is 2.30. The summed E-state index contributed by atoms with van der Waals surface area (Å²) in [6.45, 7) is 4.04. The molecule has 0 saturated heterocycles. The van der Waals surface area contributed by atoms with E-state index in [0.29, 0.717) is 23.7 Å². The Balaban J connectivity index is 2.28. The standard InChI is InChI=1S/C19H22Cl2N2O3S/c1-4-18(19(24)22-12-14-7-5-6-13(2)10-14)23(27(3,25)26)15-8-9-16(20)17(21)11-15/h5-11,18H,4,12H2,1-3H3,(H,22,24)/t18-/m1/s1. The van der Waals surface area contributed by atoms with E-state index in [1.165, 1.54) is 18.2 Å². The van der Waals surface area contributed by atoms with Crippen molar-refractivity contribution >= 4 is 44.8 Å². The van der Waals surface area contributed by atoms with Gasteiger partial charge in [0.05, 0.1) is 22.0 Å². The van der Waals surface area contributed by atoms with E-state index in [1.807, 2.05) is 31.2 Å². The maximum absolute atomic E-state index is 12.8. The van der Waals surface area contributed by atoms with Crippen LogP contribution in [0.2, 0.25) is 10.0 Å². The molecule has 8 heteroatoms. The van der Waals surface area contributed by atoms with Gasteiger partial charge in [0.15, 0.2) is 0 Å². The van der Waals surface area contributed by atoms with Crippen molar-refractivity contribution in [3.05, 3.63) is 63.6 Å². The quantitative estimate of drug-likeness (QED) is 0.719. The van der Waals surface area contributed by atoms with Gasteiger partial charge in [0.1, 0.15) is 6.04 Å². The lowest BCUT2D eigenvalue weighted by atomic mass is 10.1. The predicted molar refractivity (Wildman–Crippen MR) is 111 cm³/mol. The van der Waals surface area contributed by atoms with E-state index in [0.717, 1.165) is 21.7 Å². The van der Waals surface area contributed by atoms with Crippen LogP contribution >= 0.6 is 23.2 Å². The Morgan fingerprint density at radius 1 is 1.15 bits per heavy atom. The molecule has 0 spiro atoms. The molecule has 146 valence electrons. The summed E-state index contributed by atoms with van der Waals surface area (Å²) in [5.41, 5.74) is 2.32. The van der Waals surface area contributed by atoms with Crippen molar-refractivity contribution in [2.45, 2.75) is 32.9 Å². The second kappa shape index (κ2) is 8.95. The summed E-state index contributed by atoms with van der Waals surface area (Å²) in [5.74, 6) is -0.379. The Hall–Kier alpha value is -1.76. The normalized spacial score (nSPS) is 12.5. The molecule has 0 heterocycles. The van der Waals surface area contributed by atoms with E-state index in [2.05, 4.69) is 5.32 Å². The van der Waals surface area contributed by atoms with Crippen LogP contribution in [0.15, 0.2) is 42.5 Å². The number of rotatable bonds is 7. The molecule has 0 aliphatic heterocycles. The number of carbonyl (C=O) groups excluding carboxylic acids is 1. The molecule has 0 radical (unpaired) electrons. The first-order valence-corrected chi connectivity index (χ1v) is 11.0. The first kappa shape index (κ1) is 21.5. The molecule has 0 aliphatic rings. The molecule has 2 aromatic rings. The third kappa shape index (κ3) is 5.61. The fourth-order valence-electron chi connectivity index (χ4n) is 2.81. The van der Waals surface area contributed by atoms with Crippen molar-refractivity contribution in [1.29, 1.82) is 0 Å². The second-order valence-electron chi connectivity index (χ2n) is 6.29. The number of halogens is 2. The number of aryl methyl sites for hydroxylation is 1. The number of amides is 1. The average molecular weight is 429 g/mol. The van der Waals surface area contributed by atoms with E-state index < -0.39 is 16.1 Å². The maximum Gasteiger partial charge on any atom is 0.244 e.